The minimum Gasteiger partial charge on any atom is -0.311 e. The molecule has 1 aromatic heterocycles. The molecular formula is C15H29N3. The van der Waals surface area contributed by atoms with E-state index in [0.717, 1.165) is 25.3 Å². The smallest absolute Gasteiger partial charge is 0.0762 e. The molecule has 3 heteroatoms. The van der Waals surface area contributed by atoms with Gasteiger partial charge in [0.15, 0.2) is 0 Å². The molecule has 0 unspecified atom stereocenters. The van der Waals surface area contributed by atoms with Gasteiger partial charge in [0.2, 0.25) is 0 Å². The van der Waals surface area contributed by atoms with Crippen LogP contribution in [-0.4, -0.2) is 16.3 Å². The molecule has 3 nitrogen and oxygen atoms in total. The van der Waals surface area contributed by atoms with Gasteiger partial charge in [-0.3, -0.25) is 4.68 Å². The average molecular weight is 251 g/mol. The van der Waals surface area contributed by atoms with E-state index in [2.05, 4.69) is 41.2 Å². The summed E-state index contributed by atoms with van der Waals surface area (Å²) in [5.74, 6) is 0. The van der Waals surface area contributed by atoms with Crippen LogP contribution in [0.2, 0.25) is 0 Å². The molecule has 1 N–H and O–H groups in total. The van der Waals surface area contributed by atoms with E-state index in [1.54, 1.807) is 0 Å². The molecule has 0 aliphatic heterocycles. The van der Waals surface area contributed by atoms with Crippen molar-refractivity contribution < 1.29 is 0 Å². The van der Waals surface area contributed by atoms with Crippen LogP contribution in [-0.2, 0) is 13.1 Å². The summed E-state index contributed by atoms with van der Waals surface area (Å²) in [6, 6.07) is 2.11. The van der Waals surface area contributed by atoms with Gasteiger partial charge in [-0.25, -0.2) is 0 Å². The Hall–Kier alpha value is -0.830. The van der Waals surface area contributed by atoms with Crippen molar-refractivity contribution in [1.82, 2.24) is 15.1 Å². The second kappa shape index (κ2) is 10.1. The number of nitrogens with zero attached hydrogens (tertiary/aromatic N) is 2. The zero-order valence-corrected chi connectivity index (χ0v) is 12.1. The predicted molar refractivity (Wildman–Crippen MR) is 77.6 cm³/mol. The molecule has 1 rings (SSSR count). The van der Waals surface area contributed by atoms with Crippen LogP contribution < -0.4 is 5.32 Å². The monoisotopic (exact) mass is 251 g/mol. The maximum atomic E-state index is 4.55. The molecule has 0 radical (unpaired) electrons. The highest BCUT2D eigenvalue weighted by Gasteiger charge is 1.98. The molecular weight excluding hydrogens is 222 g/mol. The number of unbranched alkanes of at least 4 members (excludes halogenated alkanes) is 6. The van der Waals surface area contributed by atoms with Crippen molar-refractivity contribution in [1.29, 1.82) is 0 Å². The first-order valence-corrected chi connectivity index (χ1v) is 7.59. The minimum atomic E-state index is 0.889. The normalized spacial score (nSPS) is 11.0. The van der Waals surface area contributed by atoms with Crippen molar-refractivity contribution in [2.45, 2.75) is 71.9 Å². The number of hydrogen-bond acceptors (Lipinski definition) is 2. The minimum absolute atomic E-state index is 0.889. The van der Waals surface area contributed by atoms with Gasteiger partial charge < -0.3 is 5.32 Å². The van der Waals surface area contributed by atoms with Crippen molar-refractivity contribution in [3.63, 3.8) is 0 Å². The quantitative estimate of drug-likeness (QED) is 0.607. The number of rotatable bonds is 11. The number of aromatic nitrogens is 2. The number of nitrogens with one attached hydrogen (secondary N) is 1. The average Bonchev–Trinajstić information content (AvgIpc) is 2.83. The van der Waals surface area contributed by atoms with Crippen LogP contribution in [0.4, 0.5) is 0 Å². The molecule has 0 atom stereocenters. The summed E-state index contributed by atoms with van der Waals surface area (Å²) < 4.78 is 2.08. The van der Waals surface area contributed by atoms with E-state index in [-0.39, 0.29) is 0 Å². The Morgan fingerprint density at radius 3 is 2.50 bits per heavy atom. The fraction of sp³-hybridized carbons (Fsp3) is 0.800. The Morgan fingerprint density at radius 1 is 1.06 bits per heavy atom. The summed E-state index contributed by atoms with van der Waals surface area (Å²) in [4.78, 5) is 0. The predicted octanol–water partition coefficient (Wildman–Crippen LogP) is 3.74. The van der Waals surface area contributed by atoms with Gasteiger partial charge in [0, 0.05) is 19.3 Å². The highest BCUT2D eigenvalue weighted by Crippen LogP contribution is 2.07. The van der Waals surface area contributed by atoms with Crippen LogP contribution in [0.3, 0.4) is 0 Å². The van der Waals surface area contributed by atoms with E-state index in [4.69, 9.17) is 0 Å². The van der Waals surface area contributed by atoms with Gasteiger partial charge in [-0.2, -0.15) is 5.10 Å². The maximum Gasteiger partial charge on any atom is 0.0762 e. The molecule has 0 spiro atoms. The van der Waals surface area contributed by atoms with Gasteiger partial charge in [-0.15, -0.1) is 0 Å². The fourth-order valence-electron chi connectivity index (χ4n) is 2.11. The second-order valence-corrected chi connectivity index (χ2v) is 4.97. The summed E-state index contributed by atoms with van der Waals surface area (Å²) in [7, 11) is 0. The molecule has 0 aliphatic rings. The van der Waals surface area contributed by atoms with E-state index in [0.29, 0.717) is 0 Å². The third-order valence-corrected chi connectivity index (χ3v) is 3.24. The highest BCUT2D eigenvalue weighted by molar-refractivity contribution is 4.98. The molecule has 0 saturated carbocycles. The van der Waals surface area contributed by atoms with Crippen LogP contribution in [0.15, 0.2) is 12.3 Å². The lowest BCUT2D eigenvalue weighted by Crippen LogP contribution is -2.12. The van der Waals surface area contributed by atoms with Crippen LogP contribution in [0.25, 0.3) is 0 Å². The van der Waals surface area contributed by atoms with Crippen LogP contribution in [0, 0.1) is 0 Å². The molecule has 1 aromatic rings. The van der Waals surface area contributed by atoms with Gasteiger partial charge in [0.05, 0.1) is 5.69 Å². The van der Waals surface area contributed by atoms with Gasteiger partial charge in [-0.05, 0) is 19.0 Å². The third-order valence-electron chi connectivity index (χ3n) is 3.24. The van der Waals surface area contributed by atoms with Crippen molar-refractivity contribution in [2.75, 3.05) is 6.54 Å². The molecule has 0 bridgehead atoms. The van der Waals surface area contributed by atoms with Crippen molar-refractivity contribution in [3.8, 4) is 0 Å². The largest absolute Gasteiger partial charge is 0.311 e. The summed E-state index contributed by atoms with van der Waals surface area (Å²) in [6.07, 6.45) is 11.6. The molecule has 0 saturated heterocycles. The summed E-state index contributed by atoms with van der Waals surface area (Å²) in [5.41, 5.74) is 1.15. The van der Waals surface area contributed by atoms with Crippen LogP contribution in [0.1, 0.15) is 64.5 Å². The highest BCUT2D eigenvalue weighted by atomic mass is 15.3. The van der Waals surface area contributed by atoms with E-state index in [1.165, 1.54) is 44.9 Å². The molecule has 0 aliphatic carbocycles. The Morgan fingerprint density at radius 2 is 1.78 bits per heavy atom. The Balaban J connectivity index is 2.03. The van der Waals surface area contributed by atoms with Crippen LogP contribution >= 0.6 is 0 Å². The van der Waals surface area contributed by atoms with Crippen molar-refractivity contribution >= 4 is 0 Å². The topological polar surface area (TPSA) is 29.9 Å². The first-order chi connectivity index (χ1) is 8.86. The van der Waals surface area contributed by atoms with Gasteiger partial charge >= 0.3 is 0 Å². The molecule has 0 fully saturated rings. The van der Waals surface area contributed by atoms with Crippen molar-refractivity contribution in [3.05, 3.63) is 18.0 Å². The van der Waals surface area contributed by atoms with Gasteiger partial charge in [0.1, 0.15) is 0 Å². The Labute approximate surface area is 112 Å². The lowest BCUT2D eigenvalue weighted by atomic mass is 10.1. The standard InChI is InChI=1S/C15H29N3/c1-3-5-6-7-8-9-10-12-18-13-11-15(17-18)14-16-4-2/h11,13,16H,3-10,12,14H2,1-2H3. The van der Waals surface area contributed by atoms with Gasteiger partial charge in [-0.1, -0.05) is 52.4 Å². The van der Waals surface area contributed by atoms with E-state index in [1.807, 2.05) is 0 Å². The van der Waals surface area contributed by atoms with E-state index in [9.17, 15) is 0 Å². The van der Waals surface area contributed by atoms with Crippen LogP contribution in [0.5, 0.6) is 0 Å². The molecule has 104 valence electrons. The molecule has 0 amide bonds. The first kappa shape index (κ1) is 15.2. The number of aryl methyl sites for hydroxylation is 1. The maximum absolute atomic E-state index is 4.55. The Kier molecular flexibility index (Phi) is 8.57. The van der Waals surface area contributed by atoms with E-state index >= 15 is 0 Å². The van der Waals surface area contributed by atoms with Crippen molar-refractivity contribution in [2.24, 2.45) is 0 Å². The second-order valence-electron chi connectivity index (χ2n) is 4.97. The lowest BCUT2D eigenvalue weighted by Gasteiger charge is -2.02. The molecule has 1 heterocycles. The summed E-state index contributed by atoms with van der Waals surface area (Å²) in [6.45, 7) is 7.35. The third kappa shape index (κ3) is 6.80. The summed E-state index contributed by atoms with van der Waals surface area (Å²) in [5, 5.41) is 7.85. The zero-order chi connectivity index (χ0) is 13.1. The molecule has 0 aromatic carbocycles. The zero-order valence-electron chi connectivity index (χ0n) is 12.1. The number of hydrogen-bond donors (Lipinski definition) is 1. The molecule has 18 heavy (non-hydrogen) atoms. The fourth-order valence-corrected chi connectivity index (χ4v) is 2.11. The summed E-state index contributed by atoms with van der Waals surface area (Å²) >= 11 is 0. The lowest BCUT2D eigenvalue weighted by molar-refractivity contribution is 0.518. The Bertz CT molecular complexity index is 294. The SMILES string of the molecule is CCCCCCCCCn1ccc(CNCC)n1. The van der Waals surface area contributed by atoms with Gasteiger partial charge in [0.25, 0.3) is 0 Å². The van der Waals surface area contributed by atoms with E-state index < -0.39 is 0 Å². The first-order valence-electron chi connectivity index (χ1n) is 7.59.